The number of rotatable bonds is 4. The molecule has 0 aromatic rings. The standard InChI is InChI=1S/C10H19NO/c1-3-7-12-9-10-5-4-6-11(2)8-10/h3,10H,1,4-9H2,2H3. The highest BCUT2D eigenvalue weighted by atomic mass is 16.5. The molecular weight excluding hydrogens is 150 g/mol. The van der Waals surface area contributed by atoms with Gasteiger partial charge in [0.1, 0.15) is 0 Å². The maximum Gasteiger partial charge on any atom is 0.0644 e. The third-order valence-electron chi connectivity index (χ3n) is 2.31. The molecule has 0 N–H and O–H groups in total. The SMILES string of the molecule is C=CCOCC1CCCN(C)C1. The minimum absolute atomic E-state index is 0.695. The Bertz CT molecular complexity index is 136. The molecule has 1 heterocycles. The molecule has 12 heavy (non-hydrogen) atoms. The molecule has 1 aliphatic rings. The van der Waals surface area contributed by atoms with Crippen LogP contribution in [-0.4, -0.2) is 38.3 Å². The molecule has 0 radical (unpaired) electrons. The van der Waals surface area contributed by atoms with Crippen LogP contribution in [0.25, 0.3) is 0 Å². The molecule has 0 aromatic carbocycles. The van der Waals surface area contributed by atoms with Crippen molar-refractivity contribution >= 4 is 0 Å². The molecule has 1 rings (SSSR count). The van der Waals surface area contributed by atoms with E-state index in [1.165, 1.54) is 25.9 Å². The van der Waals surface area contributed by atoms with E-state index in [4.69, 9.17) is 4.74 Å². The predicted octanol–water partition coefficient (Wildman–Crippen LogP) is 1.53. The lowest BCUT2D eigenvalue weighted by Crippen LogP contribution is -2.34. The van der Waals surface area contributed by atoms with E-state index in [9.17, 15) is 0 Å². The summed E-state index contributed by atoms with van der Waals surface area (Å²) in [5, 5.41) is 0. The molecule has 1 aliphatic heterocycles. The van der Waals surface area contributed by atoms with Crippen molar-refractivity contribution in [2.24, 2.45) is 5.92 Å². The minimum Gasteiger partial charge on any atom is -0.377 e. The van der Waals surface area contributed by atoms with Crippen LogP contribution >= 0.6 is 0 Å². The van der Waals surface area contributed by atoms with Gasteiger partial charge in [0.15, 0.2) is 0 Å². The molecule has 0 saturated carbocycles. The van der Waals surface area contributed by atoms with Gasteiger partial charge in [-0.15, -0.1) is 6.58 Å². The number of hydrogen-bond acceptors (Lipinski definition) is 2. The third-order valence-corrected chi connectivity index (χ3v) is 2.31. The summed E-state index contributed by atoms with van der Waals surface area (Å²) in [5.74, 6) is 0.740. The second-order valence-corrected chi connectivity index (χ2v) is 3.60. The summed E-state index contributed by atoms with van der Waals surface area (Å²) in [6.45, 7) is 7.66. The molecule has 2 nitrogen and oxygen atoms in total. The number of nitrogens with zero attached hydrogens (tertiary/aromatic N) is 1. The van der Waals surface area contributed by atoms with Crippen LogP contribution < -0.4 is 0 Å². The van der Waals surface area contributed by atoms with Gasteiger partial charge < -0.3 is 9.64 Å². The smallest absolute Gasteiger partial charge is 0.0644 e. The number of hydrogen-bond donors (Lipinski definition) is 0. The van der Waals surface area contributed by atoms with E-state index in [1.54, 1.807) is 0 Å². The predicted molar refractivity (Wildman–Crippen MR) is 51.2 cm³/mol. The highest BCUT2D eigenvalue weighted by Gasteiger charge is 2.16. The van der Waals surface area contributed by atoms with Crippen LogP contribution in [0.15, 0.2) is 12.7 Å². The van der Waals surface area contributed by atoms with Crippen molar-refractivity contribution in [2.75, 3.05) is 33.4 Å². The summed E-state index contributed by atoms with van der Waals surface area (Å²) in [7, 11) is 2.18. The van der Waals surface area contributed by atoms with E-state index in [2.05, 4.69) is 18.5 Å². The van der Waals surface area contributed by atoms with Gasteiger partial charge in [0.05, 0.1) is 13.2 Å². The van der Waals surface area contributed by atoms with Gasteiger partial charge in [-0.2, -0.15) is 0 Å². The lowest BCUT2D eigenvalue weighted by Gasteiger charge is -2.29. The van der Waals surface area contributed by atoms with Crippen molar-refractivity contribution in [3.05, 3.63) is 12.7 Å². The van der Waals surface area contributed by atoms with E-state index in [-0.39, 0.29) is 0 Å². The van der Waals surface area contributed by atoms with Gasteiger partial charge in [0, 0.05) is 6.54 Å². The molecule has 0 bridgehead atoms. The van der Waals surface area contributed by atoms with Crippen molar-refractivity contribution in [2.45, 2.75) is 12.8 Å². The first kappa shape index (κ1) is 9.75. The summed E-state index contributed by atoms with van der Waals surface area (Å²) in [6.07, 6.45) is 4.45. The maximum absolute atomic E-state index is 5.43. The Morgan fingerprint density at radius 3 is 3.17 bits per heavy atom. The van der Waals surface area contributed by atoms with Crippen molar-refractivity contribution in [1.29, 1.82) is 0 Å². The van der Waals surface area contributed by atoms with Gasteiger partial charge in [-0.3, -0.25) is 0 Å². The molecule has 0 amide bonds. The highest BCUT2D eigenvalue weighted by molar-refractivity contribution is 4.71. The van der Waals surface area contributed by atoms with E-state index in [0.717, 1.165) is 12.5 Å². The average molecular weight is 169 g/mol. The molecule has 1 atom stereocenters. The summed E-state index contributed by atoms with van der Waals surface area (Å²) in [4.78, 5) is 2.38. The lowest BCUT2D eigenvalue weighted by atomic mass is 10.00. The van der Waals surface area contributed by atoms with E-state index < -0.39 is 0 Å². The highest BCUT2D eigenvalue weighted by Crippen LogP contribution is 2.14. The largest absolute Gasteiger partial charge is 0.377 e. The normalized spacial score (nSPS) is 25.6. The van der Waals surface area contributed by atoms with Crippen LogP contribution in [0.5, 0.6) is 0 Å². The van der Waals surface area contributed by atoms with E-state index in [0.29, 0.717) is 6.61 Å². The Balaban J connectivity index is 2.09. The van der Waals surface area contributed by atoms with Crippen molar-refractivity contribution in [3.63, 3.8) is 0 Å². The number of likely N-dealkylation sites (tertiary alicyclic amines) is 1. The molecular formula is C10H19NO. The van der Waals surface area contributed by atoms with Crippen molar-refractivity contribution in [3.8, 4) is 0 Å². The molecule has 1 fully saturated rings. The molecule has 1 unspecified atom stereocenters. The first-order valence-corrected chi connectivity index (χ1v) is 4.70. The Morgan fingerprint density at radius 2 is 2.50 bits per heavy atom. The second kappa shape index (κ2) is 5.33. The van der Waals surface area contributed by atoms with Crippen molar-refractivity contribution in [1.82, 2.24) is 4.90 Å². The van der Waals surface area contributed by atoms with E-state index >= 15 is 0 Å². The fraction of sp³-hybridized carbons (Fsp3) is 0.800. The summed E-state index contributed by atoms with van der Waals surface area (Å²) >= 11 is 0. The van der Waals surface area contributed by atoms with Gasteiger partial charge in [-0.25, -0.2) is 0 Å². The molecule has 70 valence electrons. The van der Waals surface area contributed by atoms with Gasteiger partial charge in [0.25, 0.3) is 0 Å². The fourth-order valence-electron chi connectivity index (χ4n) is 1.73. The van der Waals surface area contributed by atoms with Crippen LogP contribution in [0.1, 0.15) is 12.8 Å². The monoisotopic (exact) mass is 169 g/mol. The molecule has 2 heteroatoms. The number of piperidine rings is 1. The number of ether oxygens (including phenoxy) is 1. The van der Waals surface area contributed by atoms with Crippen molar-refractivity contribution < 1.29 is 4.74 Å². The van der Waals surface area contributed by atoms with Gasteiger partial charge in [-0.05, 0) is 32.4 Å². The van der Waals surface area contributed by atoms with Crippen LogP contribution in [-0.2, 0) is 4.74 Å². The zero-order chi connectivity index (χ0) is 8.81. The zero-order valence-corrected chi connectivity index (χ0v) is 7.96. The topological polar surface area (TPSA) is 12.5 Å². The fourth-order valence-corrected chi connectivity index (χ4v) is 1.73. The lowest BCUT2D eigenvalue weighted by molar-refractivity contribution is 0.0833. The Morgan fingerprint density at radius 1 is 1.67 bits per heavy atom. The molecule has 0 aromatic heterocycles. The van der Waals surface area contributed by atoms with Crippen LogP contribution in [0.4, 0.5) is 0 Å². The van der Waals surface area contributed by atoms with E-state index in [1.807, 2.05) is 6.08 Å². The third kappa shape index (κ3) is 3.37. The van der Waals surface area contributed by atoms with Crippen LogP contribution in [0.2, 0.25) is 0 Å². The Hall–Kier alpha value is -0.340. The Kier molecular flexibility index (Phi) is 4.33. The molecule has 0 spiro atoms. The quantitative estimate of drug-likeness (QED) is 0.467. The van der Waals surface area contributed by atoms with Gasteiger partial charge >= 0.3 is 0 Å². The zero-order valence-electron chi connectivity index (χ0n) is 7.96. The summed E-state index contributed by atoms with van der Waals surface area (Å²) in [5.41, 5.74) is 0. The van der Waals surface area contributed by atoms with Gasteiger partial charge in [0.2, 0.25) is 0 Å². The first-order valence-electron chi connectivity index (χ1n) is 4.70. The Labute approximate surface area is 75.2 Å². The van der Waals surface area contributed by atoms with Gasteiger partial charge in [-0.1, -0.05) is 6.08 Å². The van der Waals surface area contributed by atoms with Crippen LogP contribution in [0, 0.1) is 5.92 Å². The molecule has 1 saturated heterocycles. The second-order valence-electron chi connectivity index (χ2n) is 3.60. The summed E-state index contributed by atoms with van der Waals surface area (Å²) < 4.78 is 5.43. The first-order chi connectivity index (χ1) is 5.83. The van der Waals surface area contributed by atoms with Crippen LogP contribution in [0.3, 0.4) is 0 Å². The maximum atomic E-state index is 5.43. The minimum atomic E-state index is 0.695. The average Bonchev–Trinajstić information content (AvgIpc) is 2.05. The molecule has 0 aliphatic carbocycles. The summed E-state index contributed by atoms with van der Waals surface area (Å²) in [6, 6.07) is 0.